The second-order valence-electron chi connectivity index (χ2n) is 4.86. The second kappa shape index (κ2) is 10.1. The molecule has 1 N–H and O–H groups in total. The number of guanidine groups is 1. The van der Waals surface area contributed by atoms with E-state index in [0.29, 0.717) is 19.0 Å². The van der Waals surface area contributed by atoms with Crippen molar-refractivity contribution in [2.45, 2.75) is 19.7 Å². The Hall–Kier alpha value is -1.84. The van der Waals surface area contributed by atoms with Crippen LogP contribution in [0.5, 0.6) is 5.75 Å². The van der Waals surface area contributed by atoms with Gasteiger partial charge in [-0.05, 0) is 29.8 Å². The molecule has 0 fully saturated rings. The zero-order valence-corrected chi connectivity index (χ0v) is 15.7. The van der Waals surface area contributed by atoms with E-state index in [2.05, 4.69) is 15.0 Å². The minimum absolute atomic E-state index is 0. The van der Waals surface area contributed by atoms with E-state index in [1.807, 2.05) is 24.1 Å². The van der Waals surface area contributed by atoms with Crippen LogP contribution in [0, 0.1) is 0 Å². The van der Waals surface area contributed by atoms with Gasteiger partial charge in [-0.15, -0.1) is 24.0 Å². The Kier molecular flexibility index (Phi) is 8.51. The van der Waals surface area contributed by atoms with Crippen LogP contribution in [0.15, 0.2) is 52.1 Å². The van der Waals surface area contributed by atoms with Crippen molar-refractivity contribution >= 4 is 29.9 Å². The predicted octanol–water partition coefficient (Wildman–Crippen LogP) is 3.71. The highest BCUT2D eigenvalue weighted by Crippen LogP contribution is 2.15. The van der Waals surface area contributed by atoms with Crippen molar-refractivity contribution in [2.24, 2.45) is 4.99 Å². The monoisotopic (exact) mass is 451 g/mol. The van der Waals surface area contributed by atoms with E-state index in [4.69, 9.17) is 4.42 Å². The summed E-state index contributed by atoms with van der Waals surface area (Å²) in [4.78, 5) is 6.13. The largest absolute Gasteiger partial charge is 0.467 e. The fraction of sp³-hybridized carbons (Fsp3) is 0.312. The fourth-order valence-electron chi connectivity index (χ4n) is 2.09. The van der Waals surface area contributed by atoms with Crippen LogP contribution in [0.3, 0.4) is 0 Å². The molecule has 5 nitrogen and oxygen atoms in total. The van der Waals surface area contributed by atoms with Gasteiger partial charge in [0.1, 0.15) is 11.5 Å². The minimum atomic E-state index is -2.81. The average Bonchev–Trinajstić information content (AvgIpc) is 3.03. The number of ether oxygens (including phenoxy) is 1. The van der Waals surface area contributed by atoms with Crippen molar-refractivity contribution < 1.29 is 17.9 Å². The summed E-state index contributed by atoms with van der Waals surface area (Å²) in [5, 5.41) is 3.19. The van der Waals surface area contributed by atoms with Gasteiger partial charge in [-0.25, -0.2) is 0 Å². The molecule has 2 rings (SSSR count). The van der Waals surface area contributed by atoms with Crippen molar-refractivity contribution in [3.63, 3.8) is 0 Å². The summed E-state index contributed by atoms with van der Waals surface area (Å²) in [5.41, 5.74) is 0.954. The summed E-state index contributed by atoms with van der Waals surface area (Å²) >= 11 is 0. The smallest absolute Gasteiger partial charge is 0.387 e. The highest BCUT2D eigenvalue weighted by molar-refractivity contribution is 14.0. The molecule has 2 aromatic rings. The Bertz CT molecular complexity index is 619. The number of nitrogens with one attached hydrogen (secondary N) is 1. The molecule has 0 aliphatic heterocycles. The third kappa shape index (κ3) is 6.34. The van der Waals surface area contributed by atoms with Crippen molar-refractivity contribution in [3.05, 3.63) is 54.0 Å². The SMILES string of the molecule is CN=C(NCc1ccco1)N(C)Cc1ccc(OC(F)F)cc1.I. The summed E-state index contributed by atoms with van der Waals surface area (Å²) in [5.74, 6) is 1.66. The molecule has 0 aliphatic rings. The van der Waals surface area contributed by atoms with Crippen LogP contribution >= 0.6 is 24.0 Å². The summed E-state index contributed by atoms with van der Waals surface area (Å²) in [7, 11) is 3.58. The van der Waals surface area contributed by atoms with Crippen molar-refractivity contribution in [3.8, 4) is 5.75 Å². The maximum absolute atomic E-state index is 12.1. The summed E-state index contributed by atoms with van der Waals surface area (Å²) < 4.78 is 33.8. The van der Waals surface area contributed by atoms with Gasteiger partial charge >= 0.3 is 6.61 Å². The van der Waals surface area contributed by atoms with E-state index in [1.165, 1.54) is 12.1 Å². The molecule has 1 heterocycles. The van der Waals surface area contributed by atoms with E-state index in [0.717, 1.165) is 11.3 Å². The quantitative estimate of drug-likeness (QED) is 0.414. The molecule has 0 bridgehead atoms. The lowest BCUT2D eigenvalue weighted by Crippen LogP contribution is -2.37. The van der Waals surface area contributed by atoms with Crippen molar-refractivity contribution in [2.75, 3.05) is 14.1 Å². The standard InChI is InChI=1S/C16H19F2N3O2.HI/c1-19-16(20-10-14-4-3-9-22-14)21(2)11-12-5-7-13(8-6-12)23-15(17)18;/h3-9,15H,10-11H2,1-2H3,(H,19,20);1H. The zero-order chi connectivity index (χ0) is 16.7. The molecule has 0 unspecified atom stereocenters. The maximum atomic E-state index is 12.1. The Morgan fingerprint density at radius 2 is 2.00 bits per heavy atom. The van der Waals surface area contributed by atoms with E-state index in [1.54, 1.807) is 25.4 Å². The number of alkyl halides is 2. The number of rotatable bonds is 6. The zero-order valence-electron chi connectivity index (χ0n) is 13.4. The maximum Gasteiger partial charge on any atom is 0.387 e. The fourth-order valence-corrected chi connectivity index (χ4v) is 2.09. The molecule has 8 heteroatoms. The van der Waals surface area contributed by atoms with Gasteiger partial charge in [-0.3, -0.25) is 4.99 Å². The van der Waals surface area contributed by atoms with Crippen LogP contribution in [0.2, 0.25) is 0 Å². The van der Waals surface area contributed by atoms with E-state index in [9.17, 15) is 8.78 Å². The number of furan rings is 1. The number of benzene rings is 1. The van der Waals surface area contributed by atoms with Gasteiger partial charge in [0.25, 0.3) is 0 Å². The van der Waals surface area contributed by atoms with E-state index in [-0.39, 0.29) is 29.7 Å². The molecular formula is C16H20F2IN3O2. The number of hydrogen-bond acceptors (Lipinski definition) is 3. The lowest BCUT2D eigenvalue weighted by atomic mass is 10.2. The average molecular weight is 451 g/mol. The van der Waals surface area contributed by atoms with Gasteiger partial charge < -0.3 is 19.4 Å². The minimum Gasteiger partial charge on any atom is -0.467 e. The summed E-state index contributed by atoms with van der Waals surface area (Å²) in [6, 6.07) is 10.2. The first kappa shape index (κ1) is 20.2. The molecule has 0 spiro atoms. The summed E-state index contributed by atoms with van der Waals surface area (Å²) in [6.45, 7) is -1.70. The number of halogens is 3. The normalized spacial score (nSPS) is 11.1. The van der Waals surface area contributed by atoms with Crippen LogP contribution in [-0.4, -0.2) is 31.6 Å². The third-order valence-corrected chi connectivity index (χ3v) is 3.14. The van der Waals surface area contributed by atoms with E-state index >= 15 is 0 Å². The third-order valence-electron chi connectivity index (χ3n) is 3.14. The molecule has 0 saturated heterocycles. The molecule has 0 atom stereocenters. The van der Waals surface area contributed by atoms with Crippen molar-refractivity contribution in [1.29, 1.82) is 0 Å². The van der Waals surface area contributed by atoms with Gasteiger partial charge in [0, 0.05) is 20.6 Å². The Labute approximate surface area is 156 Å². The Morgan fingerprint density at radius 3 is 2.54 bits per heavy atom. The lowest BCUT2D eigenvalue weighted by molar-refractivity contribution is -0.0498. The van der Waals surface area contributed by atoms with Crippen LogP contribution < -0.4 is 10.1 Å². The second-order valence-corrected chi connectivity index (χ2v) is 4.86. The van der Waals surface area contributed by atoms with Gasteiger partial charge in [0.15, 0.2) is 5.96 Å². The summed E-state index contributed by atoms with van der Waals surface area (Å²) in [6.07, 6.45) is 1.62. The Morgan fingerprint density at radius 1 is 1.29 bits per heavy atom. The van der Waals surface area contributed by atoms with Gasteiger partial charge in [0.2, 0.25) is 0 Å². The highest BCUT2D eigenvalue weighted by Gasteiger charge is 2.08. The first-order chi connectivity index (χ1) is 11.1. The van der Waals surface area contributed by atoms with Crippen LogP contribution in [0.4, 0.5) is 8.78 Å². The highest BCUT2D eigenvalue weighted by atomic mass is 127. The van der Waals surface area contributed by atoms with E-state index < -0.39 is 6.61 Å². The molecule has 0 aliphatic carbocycles. The van der Waals surface area contributed by atoms with Gasteiger partial charge in [0.05, 0.1) is 12.8 Å². The van der Waals surface area contributed by atoms with Gasteiger partial charge in [-0.1, -0.05) is 12.1 Å². The molecular weight excluding hydrogens is 431 g/mol. The van der Waals surface area contributed by atoms with Crippen LogP contribution in [0.25, 0.3) is 0 Å². The molecule has 1 aromatic carbocycles. The molecule has 0 radical (unpaired) electrons. The first-order valence-electron chi connectivity index (χ1n) is 7.06. The lowest BCUT2D eigenvalue weighted by Gasteiger charge is -2.22. The Balaban J connectivity index is 0.00000288. The number of aliphatic imine (C=N–C) groups is 1. The van der Waals surface area contributed by atoms with Crippen LogP contribution in [0.1, 0.15) is 11.3 Å². The molecule has 0 amide bonds. The number of hydrogen-bond donors (Lipinski definition) is 1. The van der Waals surface area contributed by atoms with Crippen LogP contribution in [-0.2, 0) is 13.1 Å². The molecule has 24 heavy (non-hydrogen) atoms. The predicted molar refractivity (Wildman–Crippen MR) is 98.9 cm³/mol. The molecule has 132 valence electrons. The molecule has 0 saturated carbocycles. The first-order valence-corrected chi connectivity index (χ1v) is 7.06. The topological polar surface area (TPSA) is 50.0 Å². The molecule has 1 aromatic heterocycles. The van der Waals surface area contributed by atoms with Gasteiger partial charge in [-0.2, -0.15) is 8.78 Å². The number of nitrogens with zero attached hydrogens (tertiary/aromatic N) is 2. The van der Waals surface area contributed by atoms with Crippen molar-refractivity contribution in [1.82, 2.24) is 10.2 Å².